The number of ether oxygens (including phenoxy) is 6. The Kier molecular flexibility index (Phi) is 9.18. The van der Waals surface area contributed by atoms with E-state index in [1.165, 1.54) is 28.4 Å². The molecule has 0 bridgehead atoms. The van der Waals surface area contributed by atoms with E-state index in [1.807, 2.05) is 0 Å². The molecule has 1 aliphatic heterocycles. The Morgan fingerprint density at radius 2 is 1.43 bits per heavy atom. The number of aliphatic hydroxyl groups excluding tert-OH is 4. The molecule has 2 aromatic carbocycles. The summed E-state index contributed by atoms with van der Waals surface area (Å²) in [6.07, 6.45) is -5.93. The van der Waals surface area contributed by atoms with Crippen molar-refractivity contribution in [3.05, 3.63) is 34.9 Å². The van der Waals surface area contributed by atoms with Gasteiger partial charge in [0.15, 0.2) is 29.3 Å². The van der Waals surface area contributed by atoms with E-state index in [1.54, 1.807) is 25.1 Å². The third kappa shape index (κ3) is 5.22. The van der Waals surface area contributed by atoms with Crippen LogP contribution in [0.15, 0.2) is 18.2 Å². The van der Waals surface area contributed by atoms with Crippen molar-refractivity contribution >= 4 is 0 Å². The van der Waals surface area contributed by atoms with Gasteiger partial charge in [-0.25, -0.2) is 0 Å². The van der Waals surface area contributed by atoms with E-state index < -0.39 is 42.5 Å². The van der Waals surface area contributed by atoms with E-state index in [0.29, 0.717) is 17.5 Å². The number of fused-ring (bicyclic) bond motifs is 1. The molecule has 8 atom stereocenters. The van der Waals surface area contributed by atoms with Gasteiger partial charge in [-0.15, -0.1) is 0 Å². The van der Waals surface area contributed by atoms with Crippen LogP contribution in [0, 0.1) is 11.8 Å². The van der Waals surface area contributed by atoms with Crippen LogP contribution in [0.5, 0.6) is 34.5 Å². The normalized spacial score (nSPS) is 29.9. The molecule has 2 aromatic rings. The minimum atomic E-state index is -1.51. The second kappa shape index (κ2) is 12.2. The van der Waals surface area contributed by atoms with Crippen LogP contribution in [-0.4, -0.2) is 103 Å². The summed E-state index contributed by atoms with van der Waals surface area (Å²) < 4.78 is 33.5. The summed E-state index contributed by atoms with van der Waals surface area (Å²) in [5.74, 6) is -1.19. The van der Waals surface area contributed by atoms with Crippen molar-refractivity contribution < 1.29 is 59.1 Å². The van der Waals surface area contributed by atoms with Gasteiger partial charge in [0.1, 0.15) is 18.3 Å². The predicted molar refractivity (Wildman–Crippen MR) is 140 cm³/mol. The van der Waals surface area contributed by atoms with Gasteiger partial charge < -0.3 is 59.1 Å². The largest absolute Gasteiger partial charge is 0.502 e. The van der Waals surface area contributed by atoms with E-state index in [-0.39, 0.29) is 53.6 Å². The Labute approximate surface area is 232 Å². The number of methoxy groups -OCH3 is 4. The first kappa shape index (κ1) is 30.0. The fraction of sp³-hybridized carbons (Fsp3) is 0.571. The van der Waals surface area contributed by atoms with E-state index in [0.717, 1.165) is 5.56 Å². The highest BCUT2D eigenvalue weighted by molar-refractivity contribution is 5.64. The Bertz CT molecular complexity index is 1160. The number of aromatic hydroxyl groups is 2. The first-order valence-corrected chi connectivity index (χ1v) is 12.9. The van der Waals surface area contributed by atoms with Crippen LogP contribution in [0.2, 0.25) is 0 Å². The van der Waals surface area contributed by atoms with Gasteiger partial charge in [0, 0.05) is 18.1 Å². The van der Waals surface area contributed by atoms with Crippen molar-refractivity contribution in [1.82, 2.24) is 0 Å². The number of hydrogen-bond donors (Lipinski definition) is 6. The molecular formula is C28H38O12. The second-order valence-electron chi connectivity index (χ2n) is 10.1. The molecule has 4 rings (SSSR count). The van der Waals surface area contributed by atoms with Gasteiger partial charge in [-0.2, -0.15) is 0 Å². The lowest BCUT2D eigenvalue weighted by Crippen LogP contribution is -2.57. The minimum Gasteiger partial charge on any atom is -0.502 e. The molecule has 12 nitrogen and oxygen atoms in total. The van der Waals surface area contributed by atoms with Gasteiger partial charge in [-0.1, -0.05) is 0 Å². The van der Waals surface area contributed by atoms with Crippen molar-refractivity contribution in [2.24, 2.45) is 11.8 Å². The quantitative estimate of drug-likeness (QED) is 0.253. The number of phenolic OH excluding ortho intramolecular Hbond substituents is 2. The standard InChI is InChI=1S/C28H38O12/c1-12-22(30)25(33)26(34)28(40-12)39-11-16-15(10-29)6-13-7-19(37-4)24(32)27(38-5)21(13)20(16)14-8-17(35-2)23(31)18(9-14)36-3/h7-9,12,15-16,20,22,25-26,28-34H,6,10-11H2,1-5H3/t12-,15+,16-,20-,22-,25+,26+,28+/m0/s1. The summed E-state index contributed by atoms with van der Waals surface area (Å²) in [4.78, 5) is 0. The Balaban J connectivity index is 1.86. The highest BCUT2D eigenvalue weighted by atomic mass is 16.7. The summed E-state index contributed by atoms with van der Waals surface area (Å²) >= 11 is 0. The van der Waals surface area contributed by atoms with Gasteiger partial charge >= 0.3 is 0 Å². The van der Waals surface area contributed by atoms with Crippen molar-refractivity contribution in [1.29, 1.82) is 0 Å². The molecule has 0 saturated carbocycles. The predicted octanol–water partition coefficient (Wildman–Crippen LogP) is 0.889. The summed E-state index contributed by atoms with van der Waals surface area (Å²) in [6.45, 7) is 1.27. The molecule has 0 radical (unpaired) electrons. The molecule has 1 heterocycles. The van der Waals surface area contributed by atoms with Crippen LogP contribution in [0.3, 0.4) is 0 Å². The average Bonchev–Trinajstić information content (AvgIpc) is 2.96. The van der Waals surface area contributed by atoms with Crippen LogP contribution in [0.25, 0.3) is 0 Å². The molecule has 1 fully saturated rings. The van der Waals surface area contributed by atoms with E-state index in [2.05, 4.69) is 0 Å². The van der Waals surface area contributed by atoms with E-state index in [9.17, 15) is 30.6 Å². The summed E-state index contributed by atoms with van der Waals surface area (Å²) in [6, 6.07) is 4.96. The van der Waals surface area contributed by atoms with Crippen molar-refractivity contribution in [3.8, 4) is 34.5 Å². The molecule has 2 aliphatic rings. The highest BCUT2D eigenvalue weighted by Crippen LogP contribution is 2.54. The Hall–Kier alpha value is -3.00. The summed E-state index contributed by atoms with van der Waals surface area (Å²) in [5, 5.41) is 62.9. The molecule has 1 saturated heterocycles. The summed E-state index contributed by atoms with van der Waals surface area (Å²) in [7, 11) is 5.67. The fourth-order valence-corrected chi connectivity index (χ4v) is 5.78. The van der Waals surface area contributed by atoms with Crippen molar-refractivity contribution in [2.75, 3.05) is 41.7 Å². The molecule has 1 aliphatic carbocycles. The third-order valence-corrected chi connectivity index (χ3v) is 7.95. The zero-order valence-electron chi connectivity index (χ0n) is 23.1. The van der Waals surface area contributed by atoms with Crippen molar-refractivity contribution in [2.45, 2.75) is 50.0 Å². The van der Waals surface area contributed by atoms with E-state index in [4.69, 9.17) is 28.4 Å². The monoisotopic (exact) mass is 566 g/mol. The number of hydrogen-bond acceptors (Lipinski definition) is 12. The maximum atomic E-state index is 11.0. The average molecular weight is 567 g/mol. The van der Waals surface area contributed by atoms with Gasteiger partial charge in [0.2, 0.25) is 11.5 Å². The number of rotatable bonds is 9. The maximum Gasteiger partial charge on any atom is 0.201 e. The van der Waals surface area contributed by atoms with Gasteiger partial charge in [-0.3, -0.25) is 0 Å². The molecular weight excluding hydrogens is 528 g/mol. The zero-order chi connectivity index (χ0) is 29.3. The molecule has 0 unspecified atom stereocenters. The number of benzene rings is 2. The van der Waals surface area contributed by atoms with Crippen LogP contribution in [-0.2, 0) is 15.9 Å². The summed E-state index contributed by atoms with van der Waals surface area (Å²) in [5.41, 5.74) is 1.98. The zero-order valence-corrected chi connectivity index (χ0v) is 23.1. The van der Waals surface area contributed by atoms with Gasteiger partial charge in [0.25, 0.3) is 0 Å². The van der Waals surface area contributed by atoms with E-state index >= 15 is 0 Å². The lowest BCUT2D eigenvalue weighted by atomic mass is 9.66. The Morgan fingerprint density at radius 3 is 1.98 bits per heavy atom. The van der Waals surface area contributed by atoms with Gasteiger partial charge in [0.05, 0.1) is 41.2 Å². The smallest absolute Gasteiger partial charge is 0.201 e. The lowest BCUT2D eigenvalue weighted by molar-refractivity contribution is -0.296. The van der Waals surface area contributed by atoms with Gasteiger partial charge in [-0.05, 0) is 54.5 Å². The SMILES string of the molecule is COc1cc([C@@H]2c3c(cc(OC)c(O)c3OC)C[C@H](CO)[C@@H]2CO[C@@H]2O[C@@H](C)[C@H](O)[C@@H](O)[C@H]2O)cc(OC)c1O. The fourth-order valence-electron chi connectivity index (χ4n) is 5.78. The van der Waals surface area contributed by atoms with Crippen molar-refractivity contribution in [3.63, 3.8) is 0 Å². The maximum absolute atomic E-state index is 11.0. The first-order chi connectivity index (χ1) is 19.1. The molecule has 0 amide bonds. The molecule has 222 valence electrons. The highest BCUT2D eigenvalue weighted by Gasteiger charge is 2.45. The van der Waals surface area contributed by atoms with Crippen LogP contribution >= 0.6 is 0 Å². The third-order valence-electron chi connectivity index (χ3n) is 7.95. The lowest BCUT2D eigenvalue weighted by Gasteiger charge is -2.43. The minimum absolute atomic E-state index is 0.0615. The topological polar surface area (TPSA) is 177 Å². The molecule has 40 heavy (non-hydrogen) atoms. The second-order valence-corrected chi connectivity index (χ2v) is 10.1. The Morgan fingerprint density at radius 1 is 0.825 bits per heavy atom. The molecule has 12 heteroatoms. The number of aliphatic hydroxyl groups is 4. The van der Waals surface area contributed by atoms with Crippen LogP contribution in [0.1, 0.15) is 29.5 Å². The van der Waals surface area contributed by atoms with Crippen LogP contribution in [0.4, 0.5) is 0 Å². The molecule has 0 aromatic heterocycles. The molecule has 0 spiro atoms. The number of phenols is 2. The molecule has 6 N–H and O–H groups in total. The van der Waals surface area contributed by atoms with Crippen LogP contribution < -0.4 is 18.9 Å². The first-order valence-electron chi connectivity index (χ1n) is 12.9.